The van der Waals surface area contributed by atoms with Gasteiger partial charge in [0.2, 0.25) is 18.2 Å². The number of halogens is 1. The number of anilines is 3. The lowest BCUT2D eigenvalue weighted by Crippen LogP contribution is -2.36. The summed E-state index contributed by atoms with van der Waals surface area (Å²) in [6.07, 6.45) is 4.56. The summed E-state index contributed by atoms with van der Waals surface area (Å²) < 4.78 is 24.2. The van der Waals surface area contributed by atoms with E-state index in [1.54, 1.807) is 42.5 Å². The van der Waals surface area contributed by atoms with Crippen LogP contribution in [0.3, 0.4) is 0 Å². The maximum absolute atomic E-state index is 12.2. The zero-order valence-electron chi connectivity index (χ0n) is 28.2. The first-order valence-electron chi connectivity index (χ1n) is 15.6. The zero-order chi connectivity index (χ0) is 33.4. The number of benzene rings is 1. The van der Waals surface area contributed by atoms with Crippen LogP contribution in [0.15, 0.2) is 47.1 Å². The summed E-state index contributed by atoms with van der Waals surface area (Å²) >= 11 is 0. The van der Waals surface area contributed by atoms with Gasteiger partial charge in [-0.25, -0.2) is 9.37 Å². The second kappa shape index (κ2) is 19.4. The van der Waals surface area contributed by atoms with Crippen LogP contribution in [-0.4, -0.2) is 84.4 Å². The van der Waals surface area contributed by atoms with E-state index in [9.17, 15) is 9.18 Å². The maximum atomic E-state index is 12.2. The predicted molar refractivity (Wildman–Crippen MR) is 180 cm³/mol. The first-order chi connectivity index (χ1) is 21.7. The summed E-state index contributed by atoms with van der Waals surface area (Å²) in [6.45, 7) is 17.0. The Morgan fingerprint density at radius 3 is 2.33 bits per heavy atom. The number of hydrogen-bond donors (Lipinski definition) is 1. The van der Waals surface area contributed by atoms with Gasteiger partial charge in [0.05, 0.1) is 12.9 Å². The lowest BCUT2D eigenvalue weighted by Gasteiger charge is -2.29. The van der Waals surface area contributed by atoms with Crippen LogP contribution in [-0.2, 0) is 9.53 Å². The van der Waals surface area contributed by atoms with Crippen molar-refractivity contribution >= 4 is 29.5 Å². The minimum atomic E-state index is -0.171. The number of rotatable bonds is 15. The number of likely N-dealkylation sites (N-methyl/N-ethyl adjacent to an activating group) is 1. The molecule has 0 saturated heterocycles. The lowest BCUT2D eigenvalue weighted by atomic mass is 10.1. The molecule has 3 heterocycles. The quantitative estimate of drug-likeness (QED) is 0.160. The second-order valence-corrected chi connectivity index (χ2v) is 10.8. The highest BCUT2D eigenvalue weighted by Gasteiger charge is 2.25. The monoisotopic (exact) mass is 626 g/mol. The molecule has 0 aliphatic carbocycles. The van der Waals surface area contributed by atoms with Crippen molar-refractivity contribution in [3.05, 3.63) is 54.0 Å². The van der Waals surface area contributed by atoms with Gasteiger partial charge < -0.3 is 29.6 Å². The van der Waals surface area contributed by atoms with E-state index in [1.165, 1.54) is 16.6 Å². The molecule has 0 saturated carbocycles. The van der Waals surface area contributed by atoms with Crippen molar-refractivity contribution in [1.82, 2.24) is 24.5 Å². The van der Waals surface area contributed by atoms with E-state index >= 15 is 0 Å². The number of carbonyl (C=O) groups excluding carboxylic acids is 1. The van der Waals surface area contributed by atoms with Crippen molar-refractivity contribution in [3.63, 3.8) is 0 Å². The molecule has 248 valence electrons. The Balaban J connectivity index is 0.000000604. The van der Waals surface area contributed by atoms with Gasteiger partial charge in [0, 0.05) is 33.8 Å². The molecule has 4 aromatic rings. The summed E-state index contributed by atoms with van der Waals surface area (Å²) in [5, 5.41) is 4.48. The zero-order valence-corrected chi connectivity index (χ0v) is 28.2. The number of amides is 1. The molecule has 0 atom stereocenters. The number of furan rings is 1. The average Bonchev–Trinajstić information content (AvgIpc) is 3.73. The van der Waals surface area contributed by atoms with E-state index in [4.69, 9.17) is 14.9 Å². The van der Waals surface area contributed by atoms with E-state index in [0.29, 0.717) is 54.4 Å². The molecule has 3 aromatic heterocycles. The lowest BCUT2D eigenvalue weighted by molar-refractivity contribution is -0.107. The van der Waals surface area contributed by atoms with Crippen LogP contribution in [0.5, 0.6) is 0 Å². The van der Waals surface area contributed by atoms with Crippen molar-refractivity contribution < 1.29 is 18.3 Å². The molecule has 12 heteroatoms. The van der Waals surface area contributed by atoms with Crippen molar-refractivity contribution in [2.24, 2.45) is 5.92 Å². The molecule has 0 spiro atoms. The topological polar surface area (TPSA) is 118 Å². The molecule has 1 aromatic carbocycles. The summed E-state index contributed by atoms with van der Waals surface area (Å²) in [7, 11) is 3.55. The van der Waals surface area contributed by atoms with E-state index in [2.05, 4.69) is 40.7 Å². The Kier molecular flexibility index (Phi) is 16.0. The van der Waals surface area contributed by atoms with Gasteiger partial charge in [0.1, 0.15) is 11.5 Å². The Morgan fingerprint density at radius 2 is 1.78 bits per heavy atom. The van der Waals surface area contributed by atoms with E-state index in [1.807, 2.05) is 32.7 Å². The fraction of sp³-hybridized carbons (Fsp3) is 0.515. The molecule has 11 nitrogen and oxygen atoms in total. The molecule has 0 aliphatic rings. The molecule has 0 aliphatic heterocycles. The number of ether oxygens (including phenoxy) is 1. The fourth-order valence-electron chi connectivity index (χ4n) is 4.40. The summed E-state index contributed by atoms with van der Waals surface area (Å²) in [5.41, 5.74) is 8.36. The van der Waals surface area contributed by atoms with Crippen LogP contribution in [0, 0.1) is 18.7 Å². The average molecular weight is 627 g/mol. The molecular formula is C33H51FN8O3. The van der Waals surface area contributed by atoms with Crippen molar-refractivity contribution in [1.29, 1.82) is 0 Å². The van der Waals surface area contributed by atoms with Gasteiger partial charge in [-0.2, -0.15) is 9.50 Å². The third-order valence-electron chi connectivity index (χ3n) is 6.85. The van der Waals surface area contributed by atoms with Crippen LogP contribution >= 0.6 is 0 Å². The SMILES string of the molecule is CC.CCCN(CCC(C)C)CCN(C)c1nc(N)n2nc(-c3ccco3)nc2c1N(C=O)CCOC.Cc1ccc(F)cc1. The molecule has 0 bridgehead atoms. The minimum Gasteiger partial charge on any atom is -0.461 e. The van der Waals surface area contributed by atoms with E-state index in [0.717, 1.165) is 44.4 Å². The van der Waals surface area contributed by atoms with Crippen LogP contribution < -0.4 is 15.5 Å². The van der Waals surface area contributed by atoms with Gasteiger partial charge in [0.15, 0.2) is 17.2 Å². The van der Waals surface area contributed by atoms with Gasteiger partial charge in [-0.05, 0) is 63.0 Å². The molecule has 4 rings (SSSR count). The standard InChI is InChI=1S/C24H38N8O3.C7H7F.C2H6/c1-6-10-30(11-9-18(2)3)13-12-29(4)22-20(31(17-33)14-16-34-5)23-26-21(19-8-7-15-35-19)28-32(23)24(25)27-22;1-6-2-4-7(8)5-3-6;1-2/h7-8,15,17-18H,6,9-14,16H2,1-5H3,(H2,25,27);2-5H,1H3;1-2H3. The maximum Gasteiger partial charge on any atom is 0.225 e. The predicted octanol–water partition coefficient (Wildman–Crippen LogP) is 5.93. The normalized spacial score (nSPS) is 10.8. The number of aryl methyl sites for hydroxylation is 1. The second-order valence-electron chi connectivity index (χ2n) is 10.8. The van der Waals surface area contributed by atoms with Gasteiger partial charge in [-0.1, -0.05) is 52.3 Å². The summed E-state index contributed by atoms with van der Waals surface area (Å²) in [4.78, 5) is 27.5. The van der Waals surface area contributed by atoms with Crippen molar-refractivity contribution in [2.75, 3.05) is 69.0 Å². The molecular weight excluding hydrogens is 575 g/mol. The summed E-state index contributed by atoms with van der Waals surface area (Å²) in [5.74, 6) is 2.10. The molecule has 0 radical (unpaired) electrons. The van der Waals surface area contributed by atoms with Crippen LogP contribution in [0.25, 0.3) is 17.2 Å². The number of fused-ring (bicyclic) bond motifs is 1. The number of nitrogens with zero attached hydrogens (tertiary/aromatic N) is 7. The van der Waals surface area contributed by atoms with Gasteiger partial charge in [0.25, 0.3) is 0 Å². The van der Waals surface area contributed by atoms with Crippen LogP contribution in [0.2, 0.25) is 0 Å². The Hall–Kier alpha value is -4.03. The number of nitrogen functional groups attached to an aromatic ring is 1. The minimum absolute atomic E-state index is 0.171. The van der Waals surface area contributed by atoms with Crippen molar-refractivity contribution in [2.45, 2.75) is 54.4 Å². The largest absolute Gasteiger partial charge is 0.461 e. The summed E-state index contributed by atoms with van der Waals surface area (Å²) in [6, 6.07) is 9.93. The molecule has 45 heavy (non-hydrogen) atoms. The Labute approximate surface area is 267 Å². The van der Waals surface area contributed by atoms with Gasteiger partial charge in [-0.15, -0.1) is 5.10 Å². The Morgan fingerprint density at radius 1 is 1.07 bits per heavy atom. The number of aromatic nitrogens is 4. The molecule has 2 N–H and O–H groups in total. The van der Waals surface area contributed by atoms with Crippen molar-refractivity contribution in [3.8, 4) is 11.6 Å². The van der Waals surface area contributed by atoms with Gasteiger partial charge in [-0.3, -0.25) is 4.79 Å². The third-order valence-corrected chi connectivity index (χ3v) is 6.85. The first-order valence-corrected chi connectivity index (χ1v) is 15.6. The first kappa shape index (κ1) is 37.2. The number of nitrogens with two attached hydrogens (primary N) is 1. The van der Waals surface area contributed by atoms with Crippen LogP contribution in [0.1, 0.15) is 53.0 Å². The highest BCUT2D eigenvalue weighted by Crippen LogP contribution is 2.33. The van der Waals surface area contributed by atoms with Crippen LogP contribution in [0.4, 0.5) is 21.8 Å². The molecule has 0 unspecified atom stereocenters. The number of methoxy groups -OCH3 is 1. The smallest absolute Gasteiger partial charge is 0.225 e. The van der Waals surface area contributed by atoms with E-state index < -0.39 is 0 Å². The highest BCUT2D eigenvalue weighted by atomic mass is 19.1. The molecule has 1 amide bonds. The Bertz CT molecular complexity index is 1370. The number of carbonyl (C=O) groups is 1. The molecule has 0 fully saturated rings. The fourth-order valence-corrected chi connectivity index (χ4v) is 4.40. The van der Waals surface area contributed by atoms with E-state index in [-0.39, 0.29) is 11.8 Å². The van der Waals surface area contributed by atoms with Gasteiger partial charge >= 0.3 is 0 Å². The highest BCUT2D eigenvalue weighted by molar-refractivity contribution is 5.92. The number of hydrogen-bond acceptors (Lipinski definition) is 9. The third kappa shape index (κ3) is 11.1.